The van der Waals surface area contributed by atoms with Crippen LogP contribution in [0, 0.1) is 0 Å². The Balaban J connectivity index is 1.51. The van der Waals surface area contributed by atoms with Gasteiger partial charge in [-0.2, -0.15) is 0 Å². The number of benzene rings is 2. The number of piperidine rings is 1. The number of amides is 2. The fourth-order valence-corrected chi connectivity index (χ4v) is 3.98. The monoisotopic (exact) mass is 362 g/mol. The van der Waals surface area contributed by atoms with Gasteiger partial charge in [0.25, 0.3) is 0 Å². The number of hydrogen-bond donors (Lipinski definition) is 1. The van der Waals surface area contributed by atoms with Gasteiger partial charge >= 0.3 is 6.03 Å². The lowest BCUT2D eigenvalue weighted by Crippen LogP contribution is -2.42. The highest BCUT2D eigenvalue weighted by atomic mass is 16.2. The average molecular weight is 362 g/mol. The highest BCUT2D eigenvalue weighted by Crippen LogP contribution is 2.29. The highest BCUT2D eigenvalue weighted by Gasteiger charge is 2.28. The minimum Gasteiger partial charge on any atom is -0.332 e. The van der Waals surface area contributed by atoms with Crippen LogP contribution in [0.1, 0.15) is 44.5 Å². The second-order valence-corrected chi connectivity index (χ2v) is 7.53. The lowest BCUT2D eigenvalue weighted by Gasteiger charge is -2.33. The molecule has 0 unspecified atom stereocenters. The molecule has 1 atom stereocenters. The van der Waals surface area contributed by atoms with Gasteiger partial charge in [-0.3, -0.25) is 0 Å². The van der Waals surface area contributed by atoms with E-state index < -0.39 is 0 Å². The van der Waals surface area contributed by atoms with E-state index >= 15 is 0 Å². The third-order valence-corrected chi connectivity index (χ3v) is 5.36. The number of likely N-dealkylation sites (tertiary alicyclic amines) is 1. The first kappa shape index (κ1) is 17.6. The zero-order valence-corrected chi connectivity index (χ0v) is 15.9. The Bertz CT molecular complexity index is 941. The van der Waals surface area contributed by atoms with E-state index in [2.05, 4.69) is 40.8 Å². The van der Waals surface area contributed by atoms with Crippen LogP contribution in [0.25, 0.3) is 10.8 Å². The number of nitrogens with zero attached hydrogens (tertiary/aromatic N) is 3. The maximum atomic E-state index is 12.9. The number of nitrogens with one attached hydrogen (secondary N) is 1. The Kier molecular flexibility index (Phi) is 4.84. The Morgan fingerprint density at radius 3 is 2.85 bits per heavy atom. The van der Waals surface area contributed by atoms with E-state index in [9.17, 15) is 4.79 Å². The summed E-state index contributed by atoms with van der Waals surface area (Å²) in [5.74, 6) is 1.38. The molecule has 0 saturated carbocycles. The summed E-state index contributed by atoms with van der Waals surface area (Å²) in [6, 6.07) is 14.5. The molecule has 0 radical (unpaired) electrons. The molecule has 5 nitrogen and oxygen atoms in total. The topological polar surface area (TPSA) is 50.2 Å². The number of hydrogen-bond acceptors (Lipinski definition) is 2. The summed E-state index contributed by atoms with van der Waals surface area (Å²) in [4.78, 5) is 19.4. The van der Waals surface area contributed by atoms with Crippen LogP contribution >= 0.6 is 0 Å². The standard InChI is InChI=1S/C22H26N4O/c1-16(2)26-14-12-23-21(26)18-9-6-13-25(15-18)22(27)24-20-11-5-8-17-7-3-4-10-19(17)20/h3-5,7-8,10-12,14,16,18H,6,9,13,15H2,1-2H3,(H,24,27)/t18-/m0/s1. The third kappa shape index (κ3) is 3.54. The van der Waals surface area contributed by atoms with Crippen LogP contribution in [-0.4, -0.2) is 33.6 Å². The predicted molar refractivity (Wildman–Crippen MR) is 109 cm³/mol. The van der Waals surface area contributed by atoms with E-state index in [4.69, 9.17) is 0 Å². The Hall–Kier alpha value is -2.82. The van der Waals surface area contributed by atoms with Gasteiger partial charge in [-0.1, -0.05) is 36.4 Å². The van der Waals surface area contributed by atoms with Crippen LogP contribution in [-0.2, 0) is 0 Å². The summed E-state index contributed by atoms with van der Waals surface area (Å²) in [5.41, 5.74) is 0.865. The molecule has 1 aliphatic heterocycles. The molecule has 1 fully saturated rings. The van der Waals surface area contributed by atoms with E-state index in [1.807, 2.05) is 47.6 Å². The van der Waals surface area contributed by atoms with Crippen molar-refractivity contribution >= 4 is 22.5 Å². The summed E-state index contributed by atoms with van der Waals surface area (Å²) in [6.07, 6.45) is 5.97. The van der Waals surface area contributed by atoms with Crippen LogP contribution in [0.3, 0.4) is 0 Å². The number of carbonyl (C=O) groups is 1. The summed E-state index contributed by atoms with van der Waals surface area (Å²) in [6.45, 7) is 5.83. The summed E-state index contributed by atoms with van der Waals surface area (Å²) >= 11 is 0. The fourth-order valence-electron chi connectivity index (χ4n) is 3.98. The summed E-state index contributed by atoms with van der Waals surface area (Å²) in [7, 11) is 0. The van der Waals surface area contributed by atoms with Crippen molar-refractivity contribution in [3.05, 3.63) is 60.7 Å². The molecule has 2 heterocycles. The summed E-state index contributed by atoms with van der Waals surface area (Å²) in [5, 5.41) is 5.31. The van der Waals surface area contributed by atoms with Crippen molar-refractivity contribution in [2.75, 3.05) is 18.4 Å². The number of imidazole rings is 1. The molecule has 1 aromatic heterocycles. The highest BCUT2D eigenvalue weighted by molar-refractivity contribution is 6.01. The number of anilines is 1. The maximum absolute atomic E-state index is 12.9. The fraction of sp³-hybridized carbons (Fsp3) is 0.364. The summed E-state index contributed by atoms with van der Waals surface area (Å²) < 4.78 is 2.22. The van der Waals surface area contributed by atoms with Crippen molar-refractivity contribution in [3.8, 4) is 0 Å². The van der Waals surface area contributed by atoms with E-state index in [1.165, 1.54) is 0 Å². The number of aromatic nitrogens is 2. The van der Waals surface area contributed by atoms with Crippen LogP contribution in [0.4, 0.5) is 10.5 Å². The molecule has 0 spiro atoms. The molecule has 0 bridgehead atoms. The van der Waals surface area contributed by atoms with Crippen molar-refractivity contribution in [1.82, 2.24) is 14.5 Å². The molecule has 2 aromatic carbocycles. The van der Waals surface area contributed by atoms with Crippen LogP contribution in [0.15, 0.2) is 54.9 Å². The van der Waals surface area contributed by atoms with Gasteiger partial charge in [-0.25, -0.2) is 9.78 Å². The lowest BCUT2D eigenvalue weighted by molar-refractivity contribution is 0.190. The largest absolute Gasteiger partial charge is 0.332 e. The van der Waals surface area contributed by atoms with Crippen LogP contribution < -0.4 is 5.32 Å². The van der Waals surface area contributed by atoms with Gasteiger partial charge < -0.3 is 14.8 Å². The first-order valence-corrected chi connectivity index (χ1v) is 9.70. The average Bonchev–Trinajstić information content (AvgIpc) is 3.19. The lowest BCUT2D eigenvalue weighted by atomic mass is 9.97. The SMILES string of the molecule is CC(C)n1ccnc1[C@H]1CCCN(C(=O)Nc2cccc3ccccc23)C1. The molecule has 1 N–H and O–H groups in total. The quantitative estimate of drug-likeness (QED) is 0.710. The smallest absolute Gasteiger partial charge is 0.321 e. The molecule has 140 valence electrons. The van der Waals surface area contributed by atoms with E-state index in [0.717, 1.165) is 41.7 Å². The molecule has 5 heteroatoms. The van der Waals surface area contributed by atoms with Crippen molar-refractivity contribution in [3.63, 3.8) is 0 Å². The number of rotatable bonds is 3. The molecule has 4 rings (SSSR count). The van der Waals surface area contributed by atoms with Crippen molar-refractivity contribution in [2.45, 2.75) is 38.6 Å². The zero-order chi connectivity index (χ0) is 18.8. The van der Waals surface area contributed by atoms with Crippen molar-refractivity contribution in [1.29, 1.82) is 0 Å². The zero-order valence-electron chi connectivity index (χ0n) is 15.9. The van der Waals surface area contributed by atoms with Crippen LogP contribution in [0.2, 0.25) is 0 Å². The Morgan fingerprint density at radius 1 is 1.19 bits per heavy atom. The van der Waals surface area contributed by atoms with Gasteiger partial charge in [0.1, 0.15) is 5.82 Å². The second-order valence-electron chi connectivity index (χ2n) is 7.53. The van der Waals surface area contributed by atoms with Gasteiger partial charge in [0.15, 0.2) is 0 Å². The maximum Gasteiger partial charge on any atom is 0.321 e. The van der Waals surface area contributed by atoms with E-state index in [-0.39, 0.29) is 11.9 Å². The molecule has 2 amide bonds. The number of carbonyl (C=O) groups excluding carboxylic acids is 1. The predicted octanol–water partition coefficient (Wildman–Crippen LogP) is 5.03. The molecule has 1 saturated heterocycles. The molecule has 1 aliphatic rings. The molecular formula is C22H26N4O. The Morgan fingerprint density at radius 2 is 2.00 bits per heavy atom. The third-order valence-electron chi connectivity index (χ3n) is 5.36. The second kappa shape index (κ2) is 7.43. The Labute approximate surface area is 160 Å². The minimum atomic E-state index is -0.0290. The first-order valence-electron chi connectivity index (χ1n) is 9.70. The van der Waals surface area contributed by atoms with E-state index in [1.54, 1.807) is 0 Å². The van der Waals surface area contributed by atoms with Crippen molar-refractivity contribution < 1.29 is 4.79 Å². The minimum absolute atomic E-state index is 0.0290. The van der Waals surface area contributed by atoms with Crippen molar-refractivity contribution in [2.24, 2.45) is 0 Å². The number of fused-ring (bicyclic) bond motifs is 1. The molecule has 27 heavy (non-hydrogen) atoms. The van der Waals surface area contributed by atoms with Gasteiger partial charge in [-0.05, 0) is 38.1 Å². The molecule has 0 aliphatic carbocycles. The van der Waals surface area contributed by atoms with Gasteiger partial charge in [0.2, 0.25) is 0 Å². The van der Waals surface area contributed by atoms with Gasteiger partial charge in [0.05, 0.1) is 5.69 Å². The van der Waals surface area contributed by atoms with Gasteiger partial charge in [-0.15, -0.1) is 0 Å². The first-order chi connectivity index (χ1) is 13.1. The van der Waals surface area contributed by atoms with Crippen LogP contribution in [0.5, 0.6) is 0 Å². The van der Waals surface area contributed by atoms with Gasteiger partial charge in [0, 0.05) is 42.8 Å². The molecular weight excluding hydrogens is 336 g/mol. The molecule has 3 aromatic rings. The van der Waals surface area contributed by atoms with E-state index in [0.29, 0.717) is 12.6 Å². The number of urea groups is 1. The normalized spacial score (nSPS) is 17.4.